The number of rotatable bonds is 0. The van der Waals surface area contributed by atoms with Crippen LogP contribution in [0.1, 0.15) is 27.8 Å². The maximum Gasteiger partial charge on any atom is 0.0719 e. The molecule has 0 heterocycles. The van der Waals surface area contributed by atoms with Gasteiger partial charge in [0, 0.05) is 0 Å². The van der Waals surface area contributed by atoms with Crippen molar-refractivity contribution >= 4 is 15.4 Å². The molecule has 0 fully saturated rings. The predicted molar refractivity (Wildman–Crippen MR) is 55.5 cm³/mol. The van der Waals surface area contributed by atoms with Gasteiger partial charge in [-0.15, -0.1) is 0 Å². The summed E-state index contributed by atoms with van der Waals surface area (Å²) in [4.78, 5) is 0. The van der Waals surface area contributed by atoms with E-state index >= 15 is 0 Å². The maximum atomic E-state index is 3.67. The first-order valence-corrected chi connectivity index (χ1v) is 4.75. The molecular weight excluding hydrogens is 160 g/mol. The van der Waals surface area contributed by atoms with Gasteiger partial charge >= 0.3 is 0 Å². The Labute approximate surface area is 78.4 Å². The van der Waals surface area contributed by atoms with Crippen molar-refractivity contribution in [1.82, 2.24) is 0 Å². The topological polar surface area (TPSA) is 0 Å². The zero-order valence-electron chi connectivity index (χ0n) is 8.50. The monoisotopic (exact) mass is 175 g/mol. The first-order valence-electron chi connectivity index (χ1n) is 4.25. The highest BCUT2D eigenvalue weighted by atomic mass is 28.1. The standard InChI is InChI=1S/C11H15Si/c1-6-7(2)9(4)11(12)10(5)8(6)3/h1-5H3. The van der Waals surface area contributed by atoms with Crippen molar-refractivity contribution in [3.05, 3.63) is 27.8 Å². The molecule has 1 rings (SSSR count). The molecule has 0 N–H and O–H groups in total. The van der Waals surface area contributed by atoms with E-state index in [1.54, 1.807) is 0 Å². The summed E-state index contributed by atoms with van der Waals surface area (Å²) in [6.45, 7) is 10.9. The molecular formula is C11H15Si. The maximum absolute atomic E-state index is 3.67. The van der Waals surface area contributed by atoms with Crippen LogP contribution < -0.4 is 5.19 Å². The number of benzene rings is 1. The summed E-state index contributed by atoms with van der Waals surface area (Å²) in [5.74, 6) is 0. The Bertz CT molecular complexity index is 219. The molecule has 0 spiro atoms. The zero-order valence-corrected chi connectivity index (χ0v) is 9.50. The molecule has 0 aliphatic rings. The number of hydrogen-bond acceptors (Lipinski definition) is 0. The highest BCUT2D eigenvalue weighted by Crippen LogP contribution is 2.17. The fourth-order valence-corrected chi connectivity index (χ4v) is 1.88. The molecule has 0 saturated carbocycles. The molecule has 0 aliphatic heterocycles. The summed E-state index contributed by atoms with van der Waals surface area (Å²) < 4.78 is 0. The third-order valence-electron chi connectivity index (χ3n) is 3.00. The van der Waals surface area contributed by atoms with Crippen LogP contribution in [0.4, 0.5) is 0 Å². The molecule has 63 valence electrons. The Hall–Kier alpha value is -0.563. The second-order valence-corrected chi connectivity index (χ2v) is 4.00. The lowest BCUT2D eigenvalue weighted by atomic mass is 9.95. The van der Waals surface area contributed by atoms with Crippen molar-refractivity contribution < 1.29 is 0 Å². The minimum atomic E-state index is 1.26. The minimum absolute atomic E-state index is 1.26. The summed E-state index contributed by atoms with van der Waals surface area (Å²) in [6.07, 6.45) is 0. The van der Waals surface area contributed by atoms with Crippen molar-refractivity contribution in [2.75, 3.05) is 0 Å². The van der Waals surface area contributed by atoms with E-state index in [-0.39, 0.29) is 0 Å². The van der Waals surface area contributed by atoms with E-state index in [2.05, 4.69) is 44.9 Å². The van der Waals surface area contributed by atoms with E-state index in [9.17, 15) is 0 Å². The first-order chi connectivity index (χ1) is 5.46. The van der Waals surface area contributed by atoms with Gasteiger partial charge in [0.25, 0.3) is 0 Å². The Morgan fingerprint density at radius 2 is 0.833 bits per heavy atom. The Balaban J connectivity index is 3.60. The number of hydrogen-bond donors (Lipinski definition) is 0. The fourth-order valence-electron chi connectivity index (χ4n) is 1.50. The third-order valence-corrected chi connectivity index (χ3v) is 3.75. The molecule has 0 nitrogen and oxygen atoms in total. The molecule has 12 heavy (non-hydrogen) atoms. The summed E-state index contributed by atoms with van der Waals surface area (Å²) in [7, 11) is 3.67. The molecule has 1 heteroatoms. The lowest BCUT2D eigenvalue weighted by molar-refractivity contribution is 1.20. The third kappa shape index (κ3) is 1.22. The van der Waals surface area contributed by atoms with E-state index < -0.39 is 0 Å². The van der Waals surface area contributed by atoms with Gasteiger partial charge in [-0.25, -0.2) is 0 Å². The molecule has 0 aliphatic carbocycles. The van der Waals surface area contributed by atoms with Crippen molar-refractivity contribution in [2.24, 2.45) is 0 Å². The molecule has 0 bridgehead atoms. The van der Waals surface area contributed by atoms with E-state index in [0.717, 1.165) is 0 Å². The van der Waals surface area contributed by atoms with Gasteiger partial charge < -0.3 is 0 Å². The minimum Gasteiger partial charge on any atom is -0.0611 e. The van der Waals surface area contributed by atoms with Gasteiger partial charge in [0.1, 0.15) is 0 Å². The first kappa shape index (κ1) is 9.52. The molecule has 3 radical (unpaired) electrons. The van der Waals surface area contributed by atoms with Crippen LogP contribution in [-0.2, 0) is 0 Å². The van der Waals surface area contributed by atoms with Gasteiger partial charge in [0.2, 0.25) is 0 Å². The van der Waals surface area contributed by atoms with Crippen LogP contribution in [0.25, 0.3) is 0 Å². The average Bonchev–Trinajstić information content (AvgIpc) is 2.08. The SMILES string of the molecule is Cc1c(C)c(C)c([Si])c(C)c1C. The summed E-state index contributed by atoms with van der Waals surface area (Å²) in [5, 5.41) is 1.26. The van der Waals surface area contributed by atoms with Crippen LogP contribution in [0.5, 0.6) is 0 Å². The van der Waals surface area contributed by atoms with Gasteiger partial charge in [-0.3, -0.25) is 0 Å². The van der Waals surface area contributed by atoms with Crippen LogP contribution >= 0.6 is 0 Å². The van der Waals surface area contributed by atoms with Crippen molar-refractivity contribution in [2.45, 2.75) is 34.6 Å². The van der Waals surface area contributed by atoms with Crippen LogP contribution in [0.2, 0.25) is 0 Å². The van der Waals surface area contributed by atoms with Crippen LogP contribution in [-0.4, -0.2) is 10.2 Å². The van der Waals surface area contributed by atoms with Crippen molar-refractivity contribution in [1.29, 1.82) is 0 Å². The van der Waals surface area contributed by atoms with E-state index in [1.807, 2.05) is 0 Å². The highest BCUT2D eigenvalue weighted by Gasteiger charge is 2.07. The molecule has 1 aromatic rings. The Morgan fingerprint density at radius 1 is 0.583 bits per heavy atom. The Kier molecular flexibility index (Phi) is 2.43. The zero-order chi connectivity index (χ0) is 9.46. The van der Waals surface area contributed by atoms with Crippen LogP contribution in [0.15, 0.2) is 0 Å². The van der Waals surface area contributed by atoms with Crippen molar-refractivity contribution in [3.63, 3.8) is 0 Å². The highest BCUT2D eigenvalue weighted by molar-refractivity contribution is 6.34. The molecule has 0 amide bonds. The van der Waals surface area contributed by atoms with Gasteiger partial charge in [-0.2, -0.15) is 0 Å². The summed E-state index contributed by atoms with van der Waals surface area (Å²) >= 11 is 0. The second-order valence-electron chi connectivity index (χ2n) is 3.50. The lowest BCUT2D eigenvalue weighted by Crippen LogP contribution is -2.16. The van der Waals surface area contributed by atoms with Gasteiger partial charge in [-0.05, 0) is 62.4 Å². The fraction of sp³-hybridized carbons (Fsp3) is 0.455. The molecule has 0 atom stereocenters. The van der Waals surface area contributed by atoms with E-state index in [4.69, 9.17) is 0 Å². The quantitative estimate of drug-likeness (QED) is 0.529. The largest absolute Gasteiger partial charge is 0.0719 e. The van der Waals surface area contributed by atoms with E-state index in [1.165, 1.54) is 33.0 Å². The van der Waals surface area contributed by atoms with Gasteiger partial charge in [0.05, 0.1) is 10.2 Å². The normalized spacial score (nSPS) is 10.5. The predicted octanol–water partition coefficient (Wildman–Crippen LogP) is 2.02. The van der Waals surface area contributed by atoms with Crippen LogP contribution in [0, 0.1) is 34.6 Å². The molecule has 0 saturated heterocycles. The summed E-state index contributed by atoms with van der Waals surface area (Å²) in [5.41, 5.74) is 6.97. The van der Waals surface area contributed by atoms with E-state index in [0.29, 0.717) is 0 Å². The molecule has 1 aromatic carbocycles. The molecule has 0 unspecified atom stereocenters. The second kappa shape index (κ2) is 3.06. The Morgan fingerprint density at radius 3 is 1.17 bits per heavy atom. The lowest BCUT2D eigenvalue weighted by Gasteiger charge is -2.15. The van der Waals surface area contributed by atoms with Crippen LogP contribution in [0.3, 0.4) is 0 Å². The van der Waals surface area contributed by atoms with Crippen molar-refractivity contribution in [3.8, 4) is 0 Å². The smallest absolute Gasteiger partial charge is 0.0611 e. The van der Waals surface area contributed by atoms with Gasteiger partial charge in [0.15, 0.2) is 0 Å². The van der Waals surface area contributed by atoms with Gasteiger partial charge in [-0.1, -0.05) is 5.19 Å². The molecule has 0 aromatic heterocycles. The average molecular weight is 175 g/mol. The summed E-state index contributed by atoms with van der Waals surface area (Å²) in [6, 6.07) is 0.